The normalized spacial score (nSPS) is 11.9. The Morgan fingerprint density at radius 2 is 2.38 bits per heavy atom. The van der Waals surface area contributed by atoms with Gasteiger partial charge in [-0.2, -0.15) is 5.26 Å². The average molecular weight is 301 g/mol. The predicted molar refractivity (Wildman–Crippen MR) is 68.5 cm³/mol. The van der Waals surface area contributed by atoms with Gasteiger partial charge in [-0.3, -0.25) is 4.79 Å². The first-order valence-electron chi connectivity index (χ1n) is 4.87. The van der Waals surface area contributed by atoms with E-state index in [9.17, 15) is 4.79 Å². The fraction of sp³-hybridized carbons (Fsp3) is 0.455. The summed E-state index contributed by atoms with van der Waals surface area (Å²) in [6.45, 7) is 3.83. The molecule has 1 amide bonds. The fourth-order valence-electron chi connectivity index (χ4n) is 1.21. The van der Waals surface area contributed by atoms with Crippen molar-refractivity contribution in [2.24, 2.45) is 0 Å². The van der Waals surface area contributed by atoms with Crippen LogP contribution in [-0.2, 0) is 0 Å². The van der Waals surface area contributed by atoms with Crippen LogP contribution in [0.2, 0.25) is 0 Å². The maximum absolute atomic E-state index is 12.0. The smallest absolute Gasteiger partial charge is 0.263 e. The van der Waals surface area contributed by atoms with Gasteiger partial charge in [0.05, 0.1) is 21.2 Å². The van der Waals surface area contributed by atoms with E-state index >= 15 is 0 Å². The lowest BCUT2D eigenvalue weighted by Crippen LogP contribution is -2.34. The van der Waals surface area contributed by atoms with Gasteiger partial charge in [0, 0.05) is 13.1 Å². The molecular formula is C11H13BrN2OS. The number of carbonyl (C=O) groups is 1. The van der Waals surface area contributed by atoms with E-state index in [1.165, 1.54) is 11.3 Å². The molecule has 1 aromatic rings. The van der Waals surface area contributed by atoms with Gasteiger partial charge in [0.25, 0.3) is 5.91 Å². The van der Waals surface area contributed by atoms with Gasteiger partial charge < -0.3 is 4.90 Å². The van der Waals surface area contributed by atoms with Crippen molar-refractivity contribution in [3.05, 3.63) is 20.3 Å². The highest BCUT2D eigenvalue weighted by Crippen LogP contribution is 2.28. The number of amides is 1. The third-order valence-corrected chi connectivity index (χ3v) is 4.56. The van der Waals surface area contributed by atoms with Crippen LogP contribution in [0.25, 0.3) is 0 Å². The quantitative estimate of drug-likeness (QED) is 0.860. The van der Waals surface area contributed by atoms with Crippen molar-refractivity contribution >= 4 is 33.2 Å². The highest BCUT2D eigenvalue weighted by molar-refractivity contribution is 9.11. The summed E-state index contributed by atoms with van der Waals surface area (Å²) >= 11 is 4.83. The number of hydrogen-bond donors (Lipinski definition) is 0. The summed E-state index contributed by atoms with van der Waals surface area (Å²) in [4.78, 5) is 14.3. The van der Waals surface area contributed by atoms with E-state index in [0.29, 0.717) is 11.3 Å². The van der Waals surface area contributed by atoms with Gasteiger partial charge in [-0.1, -0.05) is 0 Å². The molecule has 0 radical (unpaired) electrons. The highest BCUT2D eigenvalue weighted by Gasteiger charge is 2.19. The van der Waals surface area contributed by atoms with Crippen LogP contribution >= 0.6 is 27.3 Å². The van der Waals surface area contributed by atoms with Gasteiger partial charge in [0.1, 0.15) is 0 Å². The summed E-state index contributed by atoms with van der Waals surface area (Å²) in [6, 6.07) is 3.88. The van der Waals surface area contributed by atoms with Gasteiger partial charge in [0.15, 0.2) is 0 Å². The minimum atomic E-state index is -0.0568. The molecule has 0 aliphatic carbocycles. The average Bonchev–Trinajstić information content (AvgIpc) is 2.57. The molecule has 0 aliphatic rings. The van der Waals surface area contributed by atoms with E-state index < -0.39 is 0 Å². The summed E-state index contributed by atoms with van der Waals surface area (Å²) in [5.41, 5.74) is 1.06. The topological polar surface area (TPSA) is 44.1 Å². The number of hydrogen-bond acceptors (Lipinski definition) is 3. The van der Waals surface area contributed by atoms with Crippen LogP contribution in [0.1, 0.15) is 28.6 Å². The number of carbonyl (C=O) groups excluding carboxylic acids is 1. The second-order valence-corrected chi connectivity index (χ2v) is 6.06. The van der Waals surface area contributed by atoms with Crippen molar-refractivity contribution < 1.29 is 4.79 Å². The Morgan fingerprint density at radius 1 is 1.75 bits per heavy atom. The summed E-state index contributed by atoms with van der Waals surface area (Å²) in [5, 5.41) is 8.59. The third kappa shape index (κ3) is 2.83. The Labute approximate surface area is 108 Å². The van der Waals surface area contributed by atoms with E-state index in [-0.39, 0.29) is 11.9 Å². The molecule has 16 heavy (non-hydrogen) atoms. The molecule has 0 bridgehead atoms. The maximum atomic E-state index is 12.0. The van der Waals surface area contributed by atoms with E-state index in [0.717, 1.165) is 9.35 Å². The molecule has 5 heteroatoms. The van der Waals surface area contributed by atoms with E-state index in [1.54, 1.807) is 11.9 Å². The van der Waals surface area contributed by atoms with Crippen molar-refractivity contribution in [2.75, 3.05) is 7.05 Å². The van der Waals surface area contributed by atoms with Crippen molar-refractivity contribution in [1.29, 1.82) is 5.26 Å². The fourth-order valence-corrected chi connectivity index (χ4v) is 2.73. The molecule has 1 heterocycles. The predicted octanol–water partition coefficient (Wildman–Crippen LogP) is 3.19. The van der Waals surface area contributed by atoms with Gasteiger partial charge in [0.2, 0.25) is 0 Å². The molecule has 3 nitrogen and oxygen atoms in total. The van der Waals surface area contributed by atoms with Crippen LogP contribution in [0, 0.1) is 18.3 Å². The minimum absolute atomic E-state index is 0.0263. The second-order valence-electron chi connectivity index (χ2n) is 3.69. The van der Waals surface area contributed by atoms with Crippen molar-refractivity contribution in [3.63, 3.8) is 0 Å². The first-order valence-corrected chi connectivity index (χ1v) is 6.48. The standard InChI is InChI=1S/C11H13BrN2OS/c1-7-6-9(16-10(7)12)11(15)14(3)8(2)4-5-13/h6,8H,4H2,1-3H3. The summed E-state index contributed by atoms with van der Waals surface area (Å²) in [5.74, 6) is -0.0263. The monoisotopic (exact) mass is 300 g/mol. The number of thiophene rings is 1. The lowest BCUT2D eigenvalue weighted by atomic mass is 10.2. The molecule has 0 aliphatic heterocycles. The molecule has 0 fully saturated rings. The van der Waals surface area contributed by atoms with Gasteiger partial charge in [-0.25, -0.2) is 0 Å². The number of aryl methyl sites for hydroxylation is 1. The van der Waals surface area contributed by atoms with Crippen molar-refractivity contribution in [2.45, 2.75) is 26.3 Å². The van der Waals surface area contributed by atoms with Crippen LogP contribution in [-0.4, -0.2) is 23.9 Å². The molecular weight excluding hydrogens is 288 g/mol. The van der Waals surface area contributed by atoms with E-state index in [4.69, 9.17) is 5.26 Å². The third-order valence-electron chi connectivity index (χ3n) is 2.44. The number of nitrogens with zero attached hydrogens (tertiary/aromatic N) is 2. The van der Waals surface area contributed by atoms with Crippen LogP contribution in [0.4, 0.5) is 0 Å². The Hall–Kier alpha value is -0.860. The Balaban J connectivity index is 2.82. The van der Waals surface area contributed by atoms with Crippen LogP contribution in [0.3, 0.4) is 0 Å². The largest absolute Gasteiger partial charge is 0.337 e. The SMILES string of the molecule is Cc1cc(C(=O)N(C)C(C)CC#N)sc1Br. The number of rotatable bonds is 3. The first-order chi connectivity index (χ1) is 7.47. The molecule has 0 N–H and O–H groups in total. The lowest BCUT2D eigenvalue weighted by molar-refractivity contribution is 0.0751. The Morgan fingerprint density at radius 3 is 2.81 bits per heavy atom. The lowest BCUT2D eigenvalue weighted by Gasteiger charge is -2.22. The van der Waals surface area contributed by atoms with Crippen LogP contribution < -0.4 is 0 Å². The highest BCUT2D eigenvalue weighted by atomic mass is 79.9. The van der Waals surface area contributed by atoms with E-state index in [1.807, 2.05) is 19.9 Å². The minimum Gasteiger partial charge on any atom is -0.337 e. The van der Waals surface area contributed by atoms with Gasteiger partial charge in [-0.05, 0) is 41.4 Å². The van der Waals surface area contributed by atoms with Crippen molar-refractivity contribution in [3.8, 4) is 6.07 Å². The summed E-state index contributed by atoms with van der Waals surface area (Å²) in [7, 11) is 1.73. The maximum Gasteiger partial charge on any atom is 0.263 e. The molecule has 1 aromatic heterocycles. The zero-order valence-corrected chi connectivity index (χ0v) is 11.9. The molecule has 0 spiro atoms. The zero-order chi connectivity index (χ0) is 12.3. The molecule has 1 atom stereocenters. The van der Waals surface area contributed by atoms with Gasteiger partial charge in [-0.15, -0.1) is 11.3 Å². The van der Waals surface area contributed by atoms with E-state index in [2.05, 4.69) is 22.0 Å². The second kappa shape index (κ2) is 5.46. The van der Waals surface area contributed by atoms with Crippen LogP contribution in [0.15, 0.2) is 9.85 Å². The first kappa shape index (κ1) is 13.2. The molecule has 86 valence electrons. The summed E-state index contributed by atoms with van der Waals surface area (Å²) in [6.07, 6.45) is 0.355. The zero-order valence-electron chi connectivity index (χ0n) is 9.45. The number of halogens is 1. The molecule has 1 rings (SSSR count). The Bertz CT molecular complexity index is 416. The molecule has 0 saturated carbocycles. The number of nitriles is 1. The summed E-state index contributed by atoms with van der Waals surface area (Å²) < 4.78 is 0.984. The molecule has 0 saturated heterocycles. The van der Waals surface area contributed by atoms with Gasteiger partial charge >= 0.3 is 0 Å². The molecule has 0 aromatic carbocycles. The Kier molecular flexibility index (Phi) is 4.51. The van der Waals surface area contributed by atoms with Crippen molar-refractivity contribution in [1.82, 2.24) is 4.90 Å². The molecule has 1 unspecified atom stereocenters. The van der Waals surface area contributed by atoms with Crippen LogP contribution in [0.5, 0.6) is 0 Å².